The molecule has 0 spiro atoms. The number of carbonyl (C=O) groups excluding carboxylic acids is 1. The molecule has 2 fully saturated rings. The lowest BCUT2D eigenvalue weighted by Gasteiger charge is -2.37. The van der Waals surface area contributed by atoms with E-state index in [1.807, 2.05) is 48.0 Å². The molecule has 2 saturated heterocycles. The number of ether oxygens (including phenoxy) is 1. The van der Waals surface area contributed by atoms with Crippen LogP contribution in [0.4, 0.5) is 10.9 Å². The second-order valence-corrected chi connectivity index (χ2v) is 12.2. The van der Waals surface area contributed by atoms with Crippen LogP contribution >= 0.6 is 23.3 Å². The zero-order chi connectivity index (χ0) is 26.5. The van der Waals surface area contributed by atoms with Gasteiger partial charge in [0.05, 0.1) is 5.69 Å². The number of piperidine rings is 2. The molecule has 9 nitrogen and oxygen atoms in total. The van der Waals surface area contributed by atoms with Crippen molar-refractivity contribution >= 4 is 40.2 Å². The van der Waals surface area contributed by atoms with Crippen LogP contribution in [0.1, 0.15) is 51.0 Å². The summed E-state index contributed by atoms with van der Waals surface area (Å²) in [7, 11) is 0. The lowest BCUT2D eigenvalue weighted by Crippen LogP contribution is -2.43. The topological polar surface area (TPSA) is 105 Å². The Balaban J connectivity index is 1.33. The first-order valence-electron chi connectivity index (χ1n) is 13.2. The molecule has 5 heterocycles. The number of likely N-dealkylation sites (tertiary alicyclic amines) is 1. The van der Waals surface area contributed by atoms with E-state index in [0.29, 0.717) is 28.4 Å². The van der Waals surface area contributed by atoms with Gasteiger partial charge in [-0.2, -0.15) is 4.37 Å². The zero-order valence-electron chi connectivity index (χ0n) is 22.2. The third-order valence-electron chi connectivity index (χ3n) is 7.45. The standard InChI is InChI=1S/C27H35N7O2S2/c1-18-22(5-4-10-29-18)36-23-15-21(37-17-20-6-11-28-12-7-20)16-30-24(23)31-26-32-25(33-38-26)27(3)8-13-34(14-9-27)19(2)35/h4-5,10,15-16,20,28H,6-9,11-14,17H2,1-3H3,(H,30,31,32,33). The maximum atomic E-state index is 11.7. The molecule has 3 aromatic rings. The molecule has 0 radical (unpaired) electrons. The summed E-state index contributed by atoms with van der Waals surface area (Å²) >= 11 is 3.15. The molecule has 2 N–H and O–H groups in total. The Bertz CT molecular complexity index is 1250. The molecule has 3 aromatic heterocycles. The summed E-state index contributed by atoms with van der Waals surface area (Å²) in [6.45, 7) is 9.40. The maximum Gasteiger partial charge on any atom is 0.219 e. The van der Waals surface area contributed by atoms with Crippen LogP contribution < -0.4 is 15.4 Å². The largest absolute Gasteiger partial charge is 0.452 e. The molecule has 11 heteroatoms. The number of thioether (sulfide) groups is 1. The highest BCUT2D eigenvalue weighted by Gasteiger charge is 2.36. The number of pyridine rings is 2. The van der Waals surface area contributed by atoms with Crippen molar-refractivity contribution in [3.8, 4) is 11.5 Å². The number of hydrogen-bond acceptors (Lipinski definition) is 10. The van der Waals surface area contributed by atoms with Crippen molar-refractivity contribution in [3.63, 3.8) is 0 Å². The fourth-order valence-corrected chi connectivity index (χ4v) is 6.58. The predicted octanol–water partition coefficient (Wildman–Crippen LogP) is 5.16. The van der Waals surface area contributed by atoms with Crippen molar-refractivity contribution in [2.24, 2.45) is 5.92 Å². The first-order valence-corrected chi connectivity index (χ1v) is 15.0. The van der Waals surface area contributed by atoms with Gasteiger partial charge in [-0.3, -0.25) is 9.78 Å². The van der Waals surface area contributed by atoms with Crippen LogP contribution in [0, 0.1) is 12.8 Å². The van der Waals surface area contributed by atoms with Gasteiger partial charge in [-0.25, -0.2) is 9.97 Å². The van der Waals surface area contributed by atoms with E-state index < -0.39 is 0 Å². The minimum Gasteiger partial charge on any atom is -0.452 e. The van der Waals surface area contributed by atoms with E-state index in [1.165, 1.54) is 24.4 Å². The summed E-state index contributed by atoms with van der Waals surface area (Å²) in [6, 6.07) is 5.83. The fraction of sp³-hybridized carbons (Fsp3) is 0.519. The van der Waals surface area contributed by atoms with Crippen LogP contribution in [0.15, 0.2) is 35.5 Å². The highest BCUT2D eigenvalue weighted by molar-refractivity contribution is 7.99. The van der Waals surface area contributed by atoms with E-state index in [9.17, 15) is 4.79 Å². The minimum atomic E-state index is -0.156. The molecule has 0 aliphatic carbocycles. The molecule has 5 rings (SSSR count). The van der Waals surface area contributed by atoms with Gasteiger partial charge in [0.2, 0.25) is 11.0 Å². The van der Waals surface area contributed by atoms with Gasteiger partial charge >= 0.3 is 0 Å². The molecule has 38 heavy (non-hydrogen) atoms. The van der Waals surface area contributed by atoms with Gasteiger partial charge in [0, 0.05) is 60.0 Å². The number of anilines is 2. The van der Waals surface area contributed by atoms with Crippen LogP contribution in [-0.2, 0) is 10.2 Å². The molecule has 0 unspecified atom stereocenters. The van der Waals surface area contributed by atoms with Crippen molar-refractivity contribution in [2.45, 2.75) is 56.8 Å². The average Bonchev–Trinajstić information content (AvgIpc) is 3.40. The smallest absolute Gasteiger partial charge is 0.219 e. The summed E-state index contributed by atoms with van der Waals surface area (Å²) in [5, 5.41) is 7.46. The van der Waals surface area contributed by atoms with E-state index in [2.05, 4.69) is 26.9 Å². The van der Waals surface area contributed by atoms with Crippen molar-refractivity contribution < 1.29 is 9.53 Å². The van der Waals surface area contributed by atoms with Crippen LogP contribution in [0.5, 0.6) is 11.5 Å². The number of aromatic nitrogens is 4. The van der Waals surface area contributed by atoms with Crippen molar-refractivity contribution in [2.75, 3.05) is 37.2 Å². The quantitative estimate of drug-likeness (QED) is 0.366. The number of amides is 1. The van der Waals surface area contributed by atoms with Crippen LogP contribution in [-0.4, -0.2) is 62.1 Å². The number of rotatable bonds is 8. The van der Waals surface area contributed by atoms with Gasteiger partial charge < -0.3 is 20.3 Å². The van der Waals surface area contributed by atoms with Gasteiger partial charge in [-0.05, 0) is 69.8 Å². The van der Waals surface area contributed by atoms with Gasteiger partial charge in [0.1, 0.15) is 5.75 Å². The van der Waals surface area contributed by atoms with Crippen molar-refractivity contribution in [1.29, 1.82) is 0 Å². The third kappa shape index (κ3) is 6.44. The predicted molar refractivity (Wildman–Crippen MR) is 152 cm³/mol. The molecule has 2 aliphatic heterocycles. The van der Waals surface area contributed by atoms with Gasteiger partial charge in [0.15, 0.2) is 17.4 Å². The van der Waals surface area contributed by atoms with Gasteiger partial charge in [0.25, 0.3) is 0 Å². The lowest BCUT2D eigenvalue weighted by molar-refractivity contribution is -0.130. The third-order valence-corrected chi connectivity index (χ3v) is 9.28. The molecular formula is C27H35N7O2S2. The van der Waals surface area contributed by atoms with Crippen LogP contribution in [0.25, 0.3) is 0 Å². The molecule has 0 aromatic carbocycles. The van der Waals surface area contributed by atoms with Crippen LogP contribution in [0.2, 0.25) is 0 Å². The van der Waals surface area contributed by atoms with Gasteiger partial charge in [-0.1, -0.05) is 6.92 Å². The number of aryl methyl sites for hydroxylation is 1. The SMILES string of the molecule is CC(=O)N1CCC(C)(c2nsc(Nc3ncc(SCC4CCNCC4)cc3Oc3cccnc3C)n2)CC1. The van der Waals surface area contributed by atoms with Crippen molar-refractivity contribution in [3.05, 3.63) is 42.1 Å². The number of nitrogens with zero attached hydrogens (tertiary/aromatic N) is 5. The summed E-state index contributed by atoms with van der Waals surface area (Å²) < 4.78 is 11.0. The first-order chi connectivity index (χ1) is 18.4. The Morgan fingerprint density at radius 2 is 2.05 bits per heavy atom. The summed E-state index contributed by atoms with van der Waals surface area (Å²) in [5.74, 6) is 4.65. The summed E-state index contributed by atoms with van der Waals surface area (Å²) in [6.07, 6.45) is 7.77. The number of carbonyl (C=O) groups is 1. The van der Waals surface area contributed by atoms with Gasteiger partial charge in [-0.15, -0.1) is 11.8 Å². The van der Waals surface area contributed by atoms with E-state index in [-0.39, 0.29) is 11.3 Å². The van der Waals surface area contributed by atoms with E-state index in [1.54, 1.807) is 13.1 Å². The Labute approximate surface area is 232 Å². The summed E-state index contributed by atoms with van der Waals surface area (Å²) in [4.78, 5) is 28.6. The highest BCUT2D eigenvalue weighted by atomic mass is 32.2. The van der Waals surface area contributed by atoms with E-state index in [0.717, 1.165) is 61.2 Å². The monoisotopic (exact) mass is 553 g/mol. The molecule has 0 saturated carbocycles. The number of nitrogens with one attached hydrogen (secondary N) is 2. The Morgan fingerprint density at radius 3 is 2.79 bits per heavy atom. The zero-order valence-corrected chi connectivity index (χ0v) is 23.8. The Hall–Kier alpha value is -2.76. The van der Waals surface area contributed by atoms with E-state index in [4.69, 9.17) is 14.7 Å². The number of hydrogen-bond donors (Lipinski definition) is 2. The Morgan fingerprint density at radius 1 is 1.26 bits per heavy atom. The van der Waals surface area contributed by atoms with Crippen LogP contribution in [0.3, 0.4) is 0 Å². The summed E-state index contributed by atoms with van der Waals surface area (Å²) in [5.41, 5.74) is 0.658. The fourth-order valence-electron chi connectivity index (χ4n) is 4.79. The minimum absolute atomic E-state index is 0.125. The molecule has 0 bridgehead atoms. The molecule has 2 aliphatic rings. The molecule has 202 valence electrons. The first kappa shape index (κ1) is 26.8. The lowest BCUT2D eigenvalue weighted by atomic mass is 9.79. The second kappa shape index (κ2) is 12.0. The molecule has 0 atom stereocenters. The average molecular weight is 554 g/mol. The molecule has 1 amide bonds. The Kier molecular flexibility index (Phi) is 8.45. The highest BCUT2D eigenvalue weighted by Crippen LogP contribution is 2.38. The maximum absolute atomic E-state index is 11.7. The van der Waals surface area contributed by atoms with Crippen molar-refractivity contribution in [1.82, 2.24) is 29.5 Å². The van der Waals surface area contributed by atoms with E-state index >= 15 is 0 Å². The second-order valence-electron chi connectivity index (χ2n) is 10.3. The normalized spacial score (nSPS) is 17.8. The molecular weight excluding hydrogens is 518 g/mol.